The van der Waals surface area contributed by atoms with Gasteiger partial charge in [-0.3, -0.25) is 0 Å². The van der Waals surface area contributed by atoms with E-state index in [9.17, 15) is 8.78 Å². The molecule has 2 N–H and O–H groups in total. The zero-order valence-corrected chi connectivity index (χ0v) is 11.5. The summed E-state index contributed by atoms with van der Waals surface area (Å²) in [5.74, 6) is -2.47. The molecule has 1 unspecified atom stereocenters. The zero-order valence-electron chi connectivity index (χ0n) is 11.5. The Labute approximate surface area is 112 Å². The summed E-state index contributed by atoms with van der Waals surface area (Å²) in [7, 11) is 0. The van der Waals surface area contributed by atoms with Gasteiger partial charge in [-0.1, -0.05) is 13.8 Å². The van der Waals surface area contributed by atoms with Gasteiger partial charge in [-0.2, -0.15) is 0 Å². The lowest BCUT2D eigenvalue weighted by molar-refractivity contribution is 0.108. The van der Waals surface area contributed by atoms with Crippen molar-refractivity contribution in [3.63, 3.8) is 0 Å². The molecule has 3 nitrogen and oxygen atoms in total. The van der Waals surface area contributed by atoms with E-state index in [2.05, 4.69) is 19.2 Å². The highest BCUT2D eigenvalue weighted by Gasteiger charge is 2.14. The molecule has 0 spiro atoms. The summed E-state index contributed by atoms with van der Waals surface area (Å²) < 4.78 is 31.7. The molecule has 5 heteroatoms. The smallest absolute Gasteiger partial charge is 0.187 e. The molecule has 0 saturated heterocycles. The molecule has 0 aliphatic heterocycles. The number of phenolic OH excluding ortho intramolecular Hbond substituents is 1. The topological polar surface area (TPSA) is 41.5 Å². The molecule has 0 fully saturated rings. The van der Waals surface area contributed by atoms with E-state index >= 15 is 0 Å². The van der Waals surface area contributed by atoms with Gasteiger partial charge < -0.3 is 15.2 Å². The first-order valence-electron chi connectivity index (χ1n) is 6.43. The van der Waals surface area contributed by atoms with Gasteiger partial charge in [0.1, 0.15) is 0 Å². The van der Waals surface area contributed by atoms with Crippen LogP contribution in [0.1, 0.15) is 26.3 Å². The number of hydrogen-bond donors (Lipinski definition) is 2. The van der Waals surface area contributed by atoms with E-state index in [1.54, 1.807) is 0 Å². The largest absolute Gasteiger partial charge is 0.503 e. The summed E-state index contributed by atoms with van der Waals surface area (Å²) in [5, 5.41) is 12.2. The highest BCUT2D eigenvalue weighted by atomic mass is 19.1. The first-order chi connectivity index (χ1) is 8.95. The van der Waals surface area contributed by atoms with Crippen LogP contribution in [0, 0.1) is 17.6 Å². The lowest BCUT2D eigenvalue weighted by Gasteiger charge is -2.22. The molecule has 0 heterocycles. The maximum Gasteiger partial charge on any atom is 0.187 e. The molecular weight excluding hydrogens is 252 g/mol. The second-order valence-corrected chi connectivity index (χ2v) is 4.80. The molecule has 0 aliphatic rings. The Morgan fingerprint density at radius 2 is 1.84 bits per heavy atom. The van der Waals surface area contributed by atoms with Gasteiger partial charge in [-0.15, -0.1) is 0 Å². The Kier molecular flexibility index (Phi) is 6.18. The molecule has 0 aliphatic carbocycles. The molecule has 19 heavy (non-hydrogen) atoms. The third-order valence-electron chi connectivity index (χ3n) is 2.95. The highest BCUT2D eigenvalue weighted by molar-refractivity contribution is 5.29. The Balaban J connectivity index is 2.63. The fourth-order valence-electron chi connectivity index (χ4n) is 1.70. The molecule has 0 amide bonds. The second kappa shape index (κ2) is 7.40. The monoisotopic (exact) mass is 273 g/mol. The van der Waals surface area contributed by atoms with E-state index in [-0.39, 0.29) is 6.04 Å². The average molecular weight is 273 g/mol. The summed E-state index contributed by atoms with van der Waals surface area (Å²) in [6.45, 7) is 7.53. The van der Waals surface area contributed by atoms with Gasteiger partial charge >= 0.3 is 0 Å². The molecule has 1 aromatic carbocycles. The molecule has 1 rings (SSSR count). The average Bonchev–Trinajstić information content (AvgIpc) is 2.35. The molecule has 1 aromatic rings. The Hall–Kier alpha value is -1.20. The maximum atomic E-state index is 13.2. The number of benzene rings is 1. The van der Waals surface area contributed by atoms with Crippen molar-refractivity contribution in [2.75, 3.05) is 13.2 Å². The molecule has 0 aromatic heterocycles. The lowest BCUT2D eigenvalue weighted by Crippen LogP contribution is -2.37. The Morgan fingerprint density at radius 1 is 1.26 bits per heavy atom. The number of halogens is 2. The van der Waals surface area contributed by atoms with Gasteiger partial charge in [0.05, 0.1) is 6.61 Å². The fourth-order valence-corrected chi connectivity index (χ4v) is 1.70. The van der Waals surface area contributed by atoms with Gasteiger partial charge in [-0.05, 0) is 30.5 Å². The minimum absolute atomic E-state index is 0.111. The lowest BCUT2D eigenvalue weighted by atomic mass is 10.0. The first-order valence-corrected chi connectivity index (χ1v) is 6.43. The quantitative estimate of drug-likeness (QED) is 0.802. The summed E-state index contributed by atoms with van der Waals surface area (Å²) in [6, 6.07) is 2.37. The normalized spacial score (nSPS) is 12.9. The van der Waals surface area contributed by atoms with Crippen molar-refractivity contribution in [2.45, 2.75) is 33.4 Å². The van der Waals surface area contributed by atoms with Crippen LogP contribution in [0.5, 0.6) is 5.75 Å². The number of nitrogens with one attached hydrogen (secondary N) is 1. The summed E-state index contributed by atoms with van der Waals surface area (Å²) in [4.78, 5) is 0. The standard InChI is InChI=1S/C14H21F2NO2/c1-4-19-8-13(9(2)3)17-7-10-5-11(15)14(18)12(16)6-10/h5-6,9,13,17-18H,4,7-8H2,1-3H3. The highest BCUT2D eigenvalue weighted by Crippen LogP contribution is 2.21. The SMILES string of the molecule is CCOCC(NCc1cc(F)c(O)c(F)c1)C(C)C. The number of ether oxygens (including phenoxy) is 1. The van der Waals surface area contributed by atoms with Crippen molar-refractivity contribution < 1.29 is 18.6 Å². The zero-order chi connectivity index (χ0) is 14.4. The van der Waals surface area contributed by atoms with Crippen LogP contribution >= 0.6 is 0 Å². The third-order valence-corrected chi connectivity index (χ3v) is 2.95. The van der Waals surface area contributed by atoms with Crippen LogP contribution in [0.3, 0.4) is 0 Å². The van der Waals surface area contributed by atoms with Crippen LogP contribution in [-0.2, 0) is 11.3 Å². The molecule has 0 radical (unpaired) electrons. The maximum absolute atomic E-state index is 13.2. The minimum atomic E-state index is -0.942. The van der Waals surface area contributed by atoms with Crippen molar-refractivity contribution in [1.29, 1.82) is 0 Å². The van der Waals surface area contributed by atoms with Crippen molar-refractivity contribution >= 4 is 0 Å². The predicted octanol–water partition coefficient (Wildman–Crippen LogP) is 2.82. The van der Waals surface area contributed by atoms with Crippen LogP contribution in [0.25, 0.3) is 0 Å². The van der Waals surface area contributed by atoms with Gasteiger partial charge in [0, 0.05) is 19.2 Å². The van der Waals surface area contributed by atoms with E-state index in [1.807, 2.05) is 6.92 Å². The molecule has 0 saturated carbocycles. The summed E-state index contributed by atoms with van der Waals surface area (Å²) >= 11 is 0. The van der Waals surface area contributed by atoms with Crippen LogP contribution in [-0.4, -0.2) is 24.4 Å². The molecule has 108 valence electrons. The van der Waals surface area contributed by atoms with Gasteiger partial charge in [0.2, 0.25) is 0 Å². The van der Waals surface area contributed by atoms with E-state index in [0.29, 0.717) is 31.2 Å². The Morgan fingerprint density at radius 3 is 2.32 bits per heavy atom. The first kappa shape index (κ1) is 15.9. The summed E-state index contributed by atoms with van der Waals surface area (Å²) in [5.41, 5.74) is 0.454. The van der Waals surface area contributed by atoms with Crippen molar-refractivity contribution in [3.8, 4) is 5.75 Å². The molecule has 0 bridgehead atoms. The number of phenols is 1. The van der Waals surface area contributed by atoms with Crippen LogP contribution < -0.4 is 5.32 Å². The van der Waals surface area contributed by atoms with Crippen LogP contribution in [0.15, 0.2) is 12.1 Å². The van der Waals surface area contributed by atoms with Gasteiger partial charge in [0.15, 0.2) is 17.4 Å². The number of rotatable bonds is 7. The Bertz CT molecular complexity index is 387. The van der Waals surface area contributed by atoms with Crippen LogP contribution in [0.4, 0.5) is 8.78 Å². The minimum Gasteiger partial charge on any atom is -0.503 e. The van der Waals surface area contributed by atoms with Gasteiger partial charge in [-0.25, -0.2) is 8.78 Å². The summed E-state index contributed by atoms with van der Waals surface area (Å²) in [6.07, 6.45) is 0. The van der Waals surface area contributed by atoms with E-state index in [0.717, 1.165) is 12.1 Å². The fraction of sp³-hybridized carbons (Fsp3) is 0.571. The number of aromatic hydroxyl groups is 1. The molecule has 1 atom stereocenters. The van der Waals surface area contributed by atoms with E-state index < -0.39 is 17.4 Å². The second-order valence-electron chi connectivity index (χ2n) is 4.80. The van der Waals surface area contributed by atoms with Crippen LogP contribution in [0.2, 0.25) is 0 Å². The predicted molar refractivity (Wildman–Crippen MR) is 70.0 cm³/mol. The van der Waals surface area contributed by atoms with Crippen molar-refractivity contribution in [1.82, 2.24) is 5.32 Å². The molecular formula is C14H21F2NO2. The van der Waals surface area contributed by atoms with E-state index in [4.69, 9.17) is 9.84 Å². The van der Waals surface area contributed by atoms with Crippen molar-refractivity contribution in [2.24, 2.45) is 5.92 Å². The third kappa shape index (κ3) is 4.76. The van der Waals surface area contributed by atoms with E-state index in [1.165, 1.54) is 0 Å². The van der Waals surface area contributed by atoms with Crippen molar-refractivity contribution in [3.05, 3.63) is 29.3 Å². The van der Waals surface area contributed by atoms with Gasteiger partial charge in [0.25, 0.3) is 0 Å². The number of hydrogen-bond acceptors (Lipinski definition) is 3.